The molecule has 1 aromatic heterocycles. The van der Waals surface area contributed by atoms with Gasteiger partial charge in [-0.1, -0.05) is 18.2 Å². The molecule has 0 atom stereocenters. The van der Waals surface area contributed by atoms with Crippen molar-refractivity contribution in [2.75, 3.05) is 11.4 Å². The summed E-state index contributed by atoms with van der Waals surface area (Å²) >= 11 is 0. The number of imidazole rings is 1. The summed E-state index contributed by atoms with van der Waals surface area (Å²) in [6.07, 6.45) is 0. The van der Waals surface area contributed by atoms with Crippen LogP contribution in [-0.2, 0) is 13.6 Å². The zero-order chi connectivity index (χ0) is 17.1. The van der Waals surface area contributed by atoms with Gasteiger partial charge >= 0.3 is 0 Å². The molecule has 0 radical (unpaired) electrons. The molecule has 0 spiro atoms. The number of rotatable bonds is 5. The minimum Gasteiger partial charge on any atom is -0.364 e. The van der Waals surface area contributed by atoms with E-state index in [-0.39, 0.29) is 0 Å². The number of benzene rings is 2. The van der Waals surface area contributed by atoms with Crippen LogP contribution in [-0.4, -0.2) is 27.2 Å². The van der Waals surface area contributed by atoms with Crippen molar-refractivity contribution >= 4 is 22.6 Å². The van der Waals surface area contributed by atoms with Crippen LogP contribution in [0.3, 0.4) is 0 Å². The van der Waals surface area contributed by atoms with Crippen molar-refractivity contribution in [2.24, 2.45) is 7.05 Å². The molecular weight excluding hydrogens is 304 g/mol. The van der Waals surface area contributed by atoms with E-state index in [4.69, 9.17) is 5.21 Å². The topological polar surface area (TPSA) is 70.4 Å². The molecule has 0 fully saturated rings. The first-order chi connectivity index (χ1) is 11.6. The van der Waals surface area contributed by atoms with Crippen LogP contribution < -0.4 is 10.4 Å². The van der Waals surface area contributed by atoms with E-state index in [1.165, 1.54) is 0 Å². The maximum atomic E-state index is 11.6. The fraction of sp³-hybridized carbons (Fsp3) is 0.222. The number of fused-ring (bicyclic) bond motifs is 1. The minimum absolute atomic E-state index is 0.380. The second-order valence-corrected chi connectivity index (χ2v) is 5.58. The second-order valence-electron chi connectivity index (χ2n) is 5.58. The molecule has 3 aromatic rings. The van der Waals surface area contributed by atoms with Crippen molar-refractivity contribution < 1.29 is 10.0 Å². The van der Waals surface area contributed by atoms with Crippen LogP contribution in [0, 0.1) is 0 Å². The van der Waals surface area contributed by atoms with Crippen molar-refractivity contribution in [3.8, 4) is 0 Å². The van der Waals surface area contributed by atoms with Gasteiger partial charge in [-0.15, -0.1) is 0 Å². The van der Waals surface area contributed by atoms with Gasteiger partial charge in [-0.3, -0.25) is 10.0 Å². The van der Waals surface area contributed by atoms with Crippen molar-refractivity contribution in [1.82, 2.24) is 15.0 Å². The maximum absolute atomic E-state index is 11.6. The molecule has 2 N–H and O–H groups in total. The first-order valence-electron chi connectivity index (χ1n) is 7.83. The van der Waals surface area contributed by atoms with E-state index in [1.807, 2.05) is 35.9 Å². The van der Waals surface area contributed by atoms with Gasteiger partial charge in [0.05, 0.1) is 17.6 Å². The molecule has 3 rings (SSSR count). The molecule has 124 valence electrons. The summed E-state index contributed by atoms with van der Waals surface area (Å²) in [6, 6.07) is 15.4. The molecule has 1 amide bonds. The van der Waals surface area contributed by atoms with Gasteiger partial charge in [-0.2, -0.15) is 0 Å². The molecule has 6 heteroatoms. The number of para-hydroxylation sites is 1. The number of hydroxylamine groups is 1. The monoisotopic (exact) mass is 324 g/mol. The third kappa shape index (κ3) is 2.96. The quantitative estimate of drug-likeness (QED) is 0.559. The number of nitrogens with one attached hydrogen (secondary N) is 1. The van der Waals surface area contributed by atoms with Crippen LogP contribution in [0.1, 0.15) is 23.1 Å². The van der Waals surface area contributed by atoms with E-state index in [0.717, 1.165) is 29.1 Å². The fourth-order valence-electron chi connectivity index (χ4n) is 2.79. The lowest BCUT2D eigenvalue weighted by atomic mass is 10.2. The van der Waals surface area contributed by atoms with Crippen molar-refractivity contribution in [2.45, 2.75) is 13.5 Å². The molecule has 0 aliphatic carbocycles. The largest absolute Gasteiger partial charge is 0.364 e. The lowest BCUT2D eigenvalue weighted by molar-refractivity contribution is 0.0706. The summed E-state index contributed by atoms with van der Waals surface area (Å²) in [5, 5.41) is 8.77. The average molecular weight is 324 g/mol. The third-order valence-electron chi connectivity index (χ3n) is 4.17. The van der Waals surface area contributed by atoms with Crippen LogP contribution in [0.4, 0.5) is 5.69 Å². The van der Waals surface area contributed by atoms with E-state index < -0.39 is 5.91 Å². The van der Waals surface area contributed by atoms with Crippen LogP contribution in [0.2, 0.25) is 0 Å². The van der Waals surface area contributed by atoms with Crippen molar-refractivity contribution in [1.29, 1.82) is 0 Å². The Balaban J connectivity index is 1.94. The summed E-state index contributed by atoms with van der Waals surface area (Å²) in [6.45, 7) is 3.65. The van der Waals surface area contributed by atoms with E-state index in [1.54, 1.807) is 17.6 Å². The fourth-order valence-corrected chi connectivity index (χ4v) is 2.79. The first kappa shape index (κ1) is 16.0. The summed E-state index contributed by atoms with van der Waals surface area (Å²) in [7, 11) is 1.97. The molecule has 2 aromatic carbocycles. The van der Waals surface area contributed by atoms with Gasteiger partial charge in [0, 0.05) is 24.8 Å². The number of anilines is 1. The standard InChI is InChI=1S/C18H20N4O2/c1-3-22(14-7-5-4-6-8-14)12-17-19-15-11-13(18(23)20-24)9-10-16(15)21(17)2/h4-11,24H,3,12H2,1-2H3,(H,20,23). The van der Waals surface area contributed by atoms with E-state index in [9.17, 15) is 4.79 Å². The molecule has 6 nitrogen and oxygen atoms in total. The molecule has 0 saturated carbocycles. The highest BCUT2D eigenvalue weighted by Gasteiger charge is 2.14. The summed E-state index contributed by atoms with van der Waals surface area (Å²) in [4.78, 5) is 18.5. The molecular formula is C18H20N4O2. The van der Waals surface area contributed by atoms with E-state index >= 15 is 0 Å². The number of hydrogen-bond acceptors (Lipinski definition) is 4. The van der Waals surface area contributed by atoms with Crippen LogP contribution in [0.25, 0.3) is 11.0 Å². The maximum Gasteiger partial charge on any atom is 0.274 e. The Morgan fingerprint density at radius 2 is 2.00 bits per heavy atom. The number of carbonyl (C=O) groups is 1. The lowest BCUT2D eigenvalue weighted by Crippen LogP contribution is -2.23. The number of amides is 1. The number of nitrogens with zero attached hydrogens (tertiary/aromatic N) is 3. The van der Waals surface area contributed by atoms with Gasteiger partial charge in [0.15, 0.2) is 0 Å². The summed E-state index contributed by atoms with van der Waals surface area (Å²) in [5.74, 6) is 0.376. The predicted molar refractivity (Wildman–Crippen MR) is 93.1 cm³/mol. The summed E-state index contributed by atoms with van der Waals surface area (Å²) in [5.41, 5.74) is 4.86. The van der Waals surface area contributed by atoms with Gasteiger partial charge in [0.2, 0.25) is 0 Å². The number of hydrogen-bond donors (Lipinski definition) is 2. The SMILES string of the molecule is CCN(Cc1nc2cc(C(=O)NO)ccc2n1C)c1ccccc1. The van der Waals surface area contributed by atoms with Gasteiger partial charge in [0.25, 0.3) is 5.91 Å². The molecule has 1 heterocycles. The normalized spacial score (nSPS) is 10.8. The Labute approximate surface area is 140 Å². The first-order valence-corrected chi connectivity index (χ1v) is 7.83. The second kappa shape index (κ2) is 6.72. The van der Waals surface area contributed by atoms with Crippen molar-refractivity contribution in [3.05, 3.63) is 59.9 Å². The zero-order valence-corrected chi connectivity index (χ0v) is 13.7. The molecule has 0 aliphatic rings. The lowest BCUT2D eigenvalue weighted by Gasteiger charge is -2.22. The highest BCUT2D eigenvalue weighted by Crippen LogP contribution is 2.20. The highest BCUT2D eigenvalue weighted by molar-refractivity contribution is 5.96. The van der Waals surface area contributed by atoms with E-state index in [0.29, 0.717) is 12.1 Å². The zero-order valence-electron chi connectivity index (χ0n) is 13.7. The number of aryl methyl sites for hydroxylation is 1. The molecule has 0 bridgehead atoms. The van der Waals surface area contributed by atoms with Crippen molar-refractivity contribution in [3.63, 3.8) is 0 Å². The minimum atomic E-state index is -0.538. The summed E-state index contributed by atoms with van der Waals surface area (Å²) < 4.78 is 2.03. The van der Waals surface area contributed by atoms with Gasteiger partial charge in [-0.05, 0) is 37.3 Å². The average Bonchev–Trinajstić information content (AvgIpc) is 2.94. The van der Waals surface area contributed by atoms with Crippen LogP contribution in [0.5, 0.6) is 0 Å². The Morgan fingerprint density at radius 3 is 2.67 bits per heavy atom. The van der Waals surface area contributed by atoms with Gasteiger partial charge < -0.3 is 9.47 Å². The molecule has 0 aliphatic heterocycles. The van der Waals surface area contributed by atoms with Gasteiger partial charge in [0.1, 0.15) is 5.82 Å². The molecule has 0 unspecified atom stereocenters. The highest BCUT2D eigenvalue weighted by atomic mass is 16.5. The smallest absolute Gasteiger partial charge is 0.274 e. The number of aromatic nitrogens is 2. The number of carbonyl (C=O) groups excluding carboxylic acids is 1. The van der Waals surface area contributed by atoms with Crippen LogP contribution in [0.15, 0.2) is 48.5 Å². The molecule has 0 saturated heterocycles. The third-order valence-corrected chi connectivity index (χ3v) is 4.17. The Kier molecular flexibility index (Phi) is 4.48. The van der Waals surface area contributed by atoms with Crippen LogP contribution >= 0.6 is 0 Å². The predicted octanol–water partition coefficient (Wildman–Crippen LogP) is 2.72. The van der Waals surface area contributed by atoms with Gasteiger partial charge in [-0.25, -0.2) is 10.5 Å². The molecule has 24 heavy (non-hydrogen) atoms. The Hall–Kier alpha value is -2.86. The Morgan fingerprint density at radius 1 is 1.25 bits per heavy atom. The van der Waals surface area contributed by atoms with E-state index in [2.05, 4.69) is 28.9 Å². The Bertz CT molecular complexity index is 858.